The van der Waals surface area contributed by atoms with Gasteiger partial charge in [-0.3, -0.25) is 0 Å². The average molecular weight is 334 g/mol. The van der Waals surface area contributed by atoms with Crippen LogP contribution in [0.4, 0.5) is 0 Å². The Morgan fingerprint density at radius 1 is 1.15 bits per heavy atom. The van der Waals surface area contributed by atoms with E-state index >= 15 is 0 Å². The Kier molecular flexibility index (Phi) is 4.84. The van der Waals surface area contributed by atoms with Gasteiger partial charge in [0, 0.05) is 16.1 Å². The van der Waals surface area contributed by atoms with Gasteiger partial charge in [0.1, 0.15) is 5.75 Å². The summed E-state index contributed by atoms with van der Waals surface area (Å²) in [5.41, 5.74) is 11.3. The molecule has 2 aromatic rings. The number of halogens is 1. The van der Waals surface area contributed by atoms with Crippen LogP contribution in [0.2, 0.25) is 0 Å². The van der Waals surface area contributed by atoms with E-state index in [0.717, 1.165) is 22.2 Å². The van der Waals surface area contributed by atoms with Crippen molar-refractivity contribution >= 4 is 15.9 Å². The fourth-order valence-electron chi connectivity index (χ4n) is 2.36. The number of benzene rings is 2. The van der Waals surface area contributed by atoms with E-state index in [1.165, 1.54) is 16.7 Å². The zero-order chi connectivity index (χ0) is 14.7. The van der Waals surface area contributed by atoms with E-state index < -0.39 is 0 Å². The summed E-state index contributed by atoms with van der Waals surface area (Å²) in [6, 6.07) is 12.4. The number of ether oxygens (including phenoxy) is 1. The normalized spacial score (nSPS) is 12.2. The molecule has 0 heterocycles. The topological polar surface area (TPSA) is 35.2 Å². The quantitative estimate of drug-likeness (QED) is 0.904. The van der Waals surface area contributed by atoms with Gasteiger partial charge >= 0.3 is 0 Å². The SMILES string of the molecule is COc1ccc(Br)cc1C(N)Cc1cc(C)ccc1C. The molecular weight excluding hydrogens is 314 g/mol. The highest BCUT2D eigenvalue weighted by molar-refractivity contribution is 9.10. The lowest BCUT2D eigenvalue weighted by Gasteiger charge is -2.17. The number of nitrogens with two attached hydrogens (primary N) is 1. The second kappa shape index (κ2) is 6.42. The molecule has 1 atom stereocenters. The molecule has 2 rings (SSSR count). The first-order valence-electron chi connectivity index (χ1n) is 6.66. The van der Waals surface area contributed by atoms with Crippen molar-refractivity contribution in [1.29, 1.82) is 0 Å². The average Bonchev–Trinajstić information content (AvgIpc) is 2.42. The lowest BCUT2D eigenvalue weighted by molar-refractivity contribution is 0.405. The molecule has 0 amide bonds. The van der Waals surface area contributed by atoms with Gasteiger partial charge in [0.05, 0.1) is 7.11 Å². The molecule has 2 nitrogen and oxygen atoms in total. The summed E-state index contributed by atoms with van der Waals surface area (Å²) >= 11 is 3.49. The minimum atomic E-state index is -0.0806. The number of rotatable bonds is 4. The molecule has 2 aromatic carbocycles. The Balaban J connectivity index is 2.30. The van der Waals surface area contributed by atoms with E-state index in [1.807, 2.05) is 18.2 Å². The molecule has 0 radical (unpaired) electrons. The first-order valence-corrected chi connectivity index (χ1v) is 7.45. The third kappa shape index (κ3) is 3.41. The first-order chi connectivity index (χ1) is 9.51. The summed E-state index contributed by atoms with van der Waals surface area (Å²) in [6.07, 6.45) is 0.806. The summed E-state index contributed by atoms with van der Waals surface area (Å²) in [5.74, 6) is 0.839. The van der Waals surface area contributed by atoms with Gasteiger partial charge in [0.2, 0.25) is 0 Å². The Bertz CT molecular complexity index is 610. The second-order valence-electron chi connectivity index (χ2n) is 5.13. The second-order valence-corrected chi connectivity index (χ2v) is 6.04. The van der Waals surface area contributed by atoms with Gasteiger partial charge in [-0.25, -0.2) is 0 Å². The predicted molar refractivity (Wildman–Crippen MR) is 87.2 cm³/mol. The van der Waals surface area contributed by atoms with Gasteiger partial charge in [-0.2, -0.15) is 0 Å². The van der Waals surface area contributed by atoms with Crippen molar-refractivity contribution in [2.75, 3.05) is 7.11 Å². The molecule has 0 fully saturated rings. The smallest absolute Gasteiger partial charge is 0.123 e. The Morgan fingerprint density at radius 3 is 2.60 bits per heavy atom. The molecule has 0 aliphatic carbocycles. The molecule has 20 heavy (non-hydrogen) atoms. The van der Waals surface area contributed by atoms with Crippen molar-refractivity contribution < 1.29 is 4.74 Å². The van der Waals surface area contributed by atoms with Crippen LogP contribution in [0, 0.1) is 13.8 Å². The van der Waals surface area contributed by atoms with Gasteiger partial charge in [-0.05, 0) is 49.6 Å². The molecular formula is C17H20BrNO. The number of hydrogen-bond acceptors (Lipinski definition) is 2. The lowest BCUT2D eigenvalue weighted by Crippen LogP contribution is -2.15. The van der Waals surface area contributed by atoms with E-state index in [2.05, 4.69) is 48.0 Å². The molecule has 2 N–H and O–H groups in total. The van der Waals surface area contributed by atoms with E-state index in [-0.39, 0.29) is 6.04 Å². The van der Waals surface area contributed by atoms with Crippen molar-refractivity contribution in [3.05, 3.63) is 63.1 Å². The van der Waals surface area contributed by atoms with E-state index in [4.69, 9.17) is 10.5 Å². The first kappa shape index (κ1) is 15.1. The molecule has 0 saturated heterocycles. The molecule has 0 aromatic heterocycles. The molecule has 0 bridgehead atoms. The fourth-order valence-corrected chi connectivity index (χ4v) is 2.74. The molecule has 3 heteroatoms. The largest absolute Gasteiger partial charge is 0.496 e. The van der Waals surface area contributed by atoms with Gasteiger partial charge in [-0.1, -0.05) is 39.7 Å². The Morgan fingerprint density at radius 2 is 1.90 bits per heavy atom. The van der Waals surface area contributed by atoms with Gasteiger partial charge in [0.25, 0.3) is 0 Å². The maximum absolute atomic E-state index is 6.39. The van der Waals surface area contributed by atoms with Gasteiger partial charge in [-0.15, -0.1) is 0 Å². The summed E-state index contributed by atoms with van der Waals surface area (Å²) in [5, 5.41) is 0. The Labute approximate surface area is 129 Å². The van der Waals surface area contributed by atoms with E-state index in [0.29, 0.717) is 0 Å². The zero-order valence-electron chi connectivity index (χ0n) is 12.1. The van der Waals surface area contributed by atoms with Crippen LogP contribution in [0.1, 0.15) is 28.3 Å². The summed E-state index contributed by atoms with van der Waals surface area (Å²) in [6.45, 7) is 4.23. The number of hydrogen-bond donors (Lipinski definition) is 1. The van der Waals surface area contributed by atoms with Crippen LogP contribution in [-0.4, -0.2) is 7.11 Å². The van der Waals surface area contributed by atoms with Crippen LogP contribution in [0.5, 0.6) is 5.75 Å². The van der Waals surface area contributed by atoms with Crippen LogP contribution >= 0.6 is 15.9 Å². The van der Waals surface area contributed by atoms with Crippen molar-refractivity contribution in [2.45, 2.75) is 26.3 Å². The summed E-state index contributed by atoms with van der Waals surface area (Å²) in [7, 11) is 1.68. The Hall–Kier alpha value is -1.32. The molecule has 0 spiro atoms. The molecule has 0 saturated carbocycles. The minimum Gasteiger partial charge on any atom is -0.496 e. The van der Waals surface area contributed by atoms with Crippen LogP contribution in [0.25, 0.3) is 0 Å². The van der Waals surface area contributed by atoms with Crippen molar-refractivity contribution in [3.63, 3.8) is 0 Å². The van der Waals surface area contributed by atoms with Gasteiger partial charge < -0.3 is 10.5 Å². The number of aryl methyl sites for hydroxylation is 2. The van der Waals surface area contributed by atoms with Crippen molar-refractivity contribution in [2.24, 2.45) is 5.73 Å². The summed E-state index contributed by atoms with van der Waals surface area (Å²) < 4.78 is 6.43. The molecule has 1 unspecified atom stereocenters. The van der Waals surface area contributed by atoms with E-state index in [9.17, 15) is 0 Å². The maximum Gasteiger partial charge on any atom is 0.123 e. The van der Waals surface area contributed by atoms with Crippen LogP contribution in [0.3, 0.4) is 0 Å². The summed E-state index contributed by atoms with van der Waals surface area (Å²) in [4.78, 5) is 0. The predicted octanol–water partition coefficient (Wildman–Crippen LogP) is 4.32. The fraction of sp³-hybridized carbons (Fsp3) is 0.294. The standard InChI is InChI=1S/C17H20BrNO/c1-11-4-5-12(2)13(8-11)9-16(19)15-10-14(18)6-7-17(15)20-3/h4-8,10,16H,9,19H2,1-3H3. The highest BCUT2D eigenvalue weighted by Gasteiger charge is 2.14. The van der Waals surface area contributed by atoms with Crippen LogP contribution in [-0.2, 0) is 6.42 Å². The van der Waals surface area contributed by atoms with Crippen LogP contribution < -0.4 is 10.5 Å². The minimum absolute atomic E-state index is 0.0806. The third-order valence-corrected chi connectivity index (χ3v) is 4.03. The van der Waals surface area contributed by atoms with Crippen molar-refractivity contribution in [3.8, 4) is 5.75 Å². The highest BCUT2D eigenvalue weighted by Crippen LogP contribution is 2.29. The molecule has 0 aliphatic heterocycles. The van der Waals surface area contributed by atoms with Crippen molar-refractivity contribution in [1.82, 2.24) is 0 Å². The third-order valence-electron chi connectivity index (χ3n) is 3.54. The van der Waals surface area contributed by atoms with E-state index in [1.54, 1.807) is 7.11 Å². The van der Waals surface area contributed by atoms with Crippen LogP contribution in [0.15, 0.2) is 40.9 Å². The molecule has 0 aliphatic rings. The maximum atomic E-state index is 6.39. The number of methoxy groups -OCH3 is 1. The monoisotopic (exact) mass is 333 g/mol. The van der Waals surface area contributed by atoms with Gasteiger partial charge in [0.15, 0.2) is 0 Å². The lowest BCUT2D eigenvalue weighted by atomic mass is 9.95. The zero-order valence-corrected chi connectivity index (χ0v) is 13.7. The highest BCUT2D eigenvalue weighted by atomic mass is 79.9. The molecule has 106 valence electrons.